The Hall–Kier alpha value is -0.300. The average Bonchev–Trinajstić information content (AvgIpc) is 1.99. The molecule has 0 aromatic rings. The molecule has 0 amide bonds. The standard InChI is InChI=1S/C10H18O/c1-7-5-10(11-4)6-8(2)9(7)3/h7,10H,5-6H2,1-4H3/t7-,10+/m0/s1. The van der Waals surface area contributed by atoms with Crippen LogP contribution in [0.1, 0.15) is 33.6 Å². The van der Waals surface area contributed by atoms with E-state index in [0.29, 0.717) is 12.0 Å². The lowest BCUT2D eigenvalue weighted by molar-refractivity contribution is 0.0802. The quantitative estimate of drug-likeness (QED) is 0.528. The molecule has 0 aliphatic heterocycles. The maximum Gasteiger partial charge on any atom is 0.0614 e. The van der Waals surface area contributed by atoms with Crippen molar-refractivity contribution < 1.29 is 4.74 Å². The van der Waals surface area contributed by atoms with Crippen molar-refractivity contribution in [3.05, 3.63) is 11.1 Å². The van der Waals surface area contributed by atoms with Gasteiger partial charge in [-0.1, -0.05) is 18.1 Å². The molecule has 2 atom stereocenters. The smallest absolute Gasteiger partial charge is 0.0614 e. The number of hydrogen-bond donors (Lipinski definition) is 0. The Kier molecular flexibility index (Phi) is 2.72. The van der Waals surface area contributed by atoms with Crippen molar-refractivity contribution in [1.29, 1.82) is 0 Å². The fraction of sp³-hybridized carbons (Fsp3) is 0.800. The lowest BCUT2D eigenvalue weighted by atomic mass is 9.84. The molecule has 0 radical (unpaired) electrons. The summed E-state index contributed by atoms with van der Waals surface area (Å²) >= 11 is 0. The molecule has 1 heteroatoms. The lowest BCUT2D eigenvalue weighted by Gasteiger charge is -2.28. The van der Waals surface area contributed by atoms with Crippen LogP contribution in [0.25, 0.3) is 0 Å². The lowest BCUT2D eigenvalue weighted by Crippen LogP contribution is -2.21. The summed E-state index contributed by atoms with van der Waals surface area (Å²) in [6.45, 7) is 6.74. The summed E-state index contributed by atoms with van der Waals surface area (Å²) in [5, 5.41) is 0. The molecular formula is C10H18O. The number of hydrogen-bond acceptors (Lipinski definition) is 1. The summed E-state index contributed by atoms with van der Waals surface area (Å²) in [7, 11) is 1.81. The van der Waals surface area contributed by atoms with Gasteiger partial charge >= 0.3 is 0 Å². The zero-order valence-corrected chi connectivity index (χ0v) is 7.98. The highest BCUT2D eigenvalue weighted by Gasteiger charge is 2.21. The van der Waals surface area contributed by atoms with Crippen LogP contribution in [-0.4, -0.2) is 13.2 Å². The minimum Gasteiger partial charge on any atom is -0.381 e. The molecule has 0 unspecified atom stereocenters. The van der Waals surface area contributed by atoms with E-state index < -0.39 is 0 Å². The Bertz CT molecular complexity index is 170. The molecular weight excluding hydrogens is 136 g/mol. The van der Waals surface area contributed by atoms with Crippen LogP contribution in [0.5, 0.6) is 0 Å². The average molecular weight is 154 g/mol. The summed E-state index contributed by atoms with van der Waals surface area (Å²) in [5.74, 6) is 0.716. The van der Waals surface area contributed by atoms with E-state index in [-0.39, 0.29) is 0 Å². The molecule has 0 aromatic heterocycles. The molecule has 0 N–H and O–H groups in total. The van der Waals surface area contributed by atoms with Gasteiger partial charge < -0.3 is 4.74 Å². The third-order valence-electron chi connectivity index (χ3n) is 2.90. The second-order valence-corrected chi connectivity index (χ2v) is 3.66. The van der Waals surface area contributed by atoms with E-state index in [2.05, 4.69) is 20.8 Å². The Morgan fingerprint density at radius 3 is 2.45 bits per heavy atom. The van der Waals surface area contributed by atoms with Gasteiger partial charge in [-0.3, -0.25) is 0 Å². The summed E-state index contributed by atoms with van der Waals surface area (Å²) in [4.78, 5) is 0. The first-order valence-corrected chi connectivity index (χ1v) is 4.34. The van der Waals surface area contributed by atoms with Crippen LogP contribution < -0.4 is 0 Å². The molecule has 0 saturated heterocycles. The van der Waals surface area contributed by atoms with Gasteiger partial charge in [-0.25, -0.2) is 0 Å². The zero-order chi connectivity index (χ0) is 8.43. The molecule has 0 bridgehead atoms. The van der Waals surface area contributed by atoms with E-state index in [1.54, 1.807) is 5.57 Å². The minimum atomic E-state index is 0.466. The first kappa shape index (κ1) is 8.79. The van der Waals surface area contributed by atoms with E-state index in [0.717, 1.165) is 6.42 Å². The van der Waals surface area contributed by atoms with Crippen molar-refractivity contribution >= 4 is 0 Å². The Balaban J connectivity index is 2.68. The van der Waals surface area contributed by atoms with Crippen molar-refractivity contribution in [2.45, 2.75) is 39.7 Å². The largest absolute Gasteiger partial charge is 0.381 e. The topological polar surface area (TPSA) is 9.23 Å². The predicted molar refractivity (Wildman–Crippen MR) is 47.6 cm³/mol. The molecule has 1 rings (SSSR count). The van der Waals surface area contributed by atoms with Gasteiger partial charge in [0.15, 0.2) is 0 Å². The fourth-order valence-corrected chi connectivity index (χ4v) is 1.76. The Morgan fingerprint density at radius 1 is 1.36 bits per heavy atom. The van der Waals surface area contributed by atoms with Gasteiger partial charge in [0, 0.05) is 7.11 Å². The molecule has 1 nitrogen and oxygen atoms in total. The molecule has 0 heterocycles. The number of rotatable bonds is 1. The van der Waals surface area contributed by atoms with E-state index in [9.17, 15) is 0 Å². The van der Waals surface area contributed by atoms with Crippen molar-refractivity contribution in [3.63, 3.8) is 0 Å². The highest BCUT2D eigenvalue weighted by atomic mass is 16.5. The van der Waals surface area contributed by atoms with Gasteiger partial charge in [0.2, 0.25) is 0 Å². The van der Waals surface area contributed by atoms with E-state index >= 15 is 0 Å². The molecule has 0 aromatic carbocycles. The van der Waals surface area contributed by atoms with Gasteiger partial charge in [0.1, 0.15) is 0 Å². The molecule has 64 valence electrons. The van der Waals surface area contributed by atoms with E-state index in [1.807, 2.05) is 7.11 Å². The van der Waals surface area contributed by atoms with Crippen LogP contribution in [0.15, 0.2) is 11.1 Å². The van der Waals surface area contributed by atoms with Crippen LogP contribution in [0.2, 0.25) is 0 Å². The van der Waals surface area contributed by atoms with Gasteiger partial charge in [-0.15, -0.1) is 0 Å². The normalized spacial score (nSPS) is 32.7. The van der Waals surface area contributed by atoms with Crippen LogP contribution in [0, 0.1) is 5.92 Å². The summed E-state index contributed by atoms with van der Waals surface area (Å²) in [6, 6.07) is 0. The molecule has 1 aliphatic carbocycles. The molecule has 0 fully saturated rings. The fourth-order valence-electron chi connectivity index (χ4n) is 1.76. The maximum atomic E-state index is 5.35. The summed E-state index contributed by atoms with van der Waals surface area (Å²) in [5.41, 5.74) is 3.09. The second kappa shape index (κ2) is 3.40. The van der Waals surface area contributed by atoms with Gasteiger partial charge in [0.05, 0.1) is 6.10 Å². The van der Waals surface area contributed by atoms with Crippen molar-refractivity contribution in [3.8, 4) is 0 Å². The highest BCUT2D eigenvalue weighted by Crippen LogP contribution is 2.30. The van der Waals surface area contributed by atoms with Crippen LogP contribution in [0.4, 0.5) is 0 Å². The third kappa shape index (κ3) is 1.84. The summed E-state index contributed by atoms with van der Waals surface area (Å²) < 4.78 is 5.35. The third-order valence-corrected chi connectivity index (χ3v) is 2.90. The second-order valence-electron chi connectivity index (χ2n) is 3.66. The van der Waals surface area contributed by atoms with Gasteiger partial charge in [-0.2, -0.15) is 0 Å². The Morgan fingerprint density at radius 2 is 2.00 bits per heavy atom. The number of ether oxygens (including phenoxy) is 1. The van der Waals surface area contributed by atoms with Crippen molar-refractivity contribution in [1.82, 2.24) is 0 Å². The first-order chi connectivity index (χ1) is 5.15. The molecule has 0 saturated carbocycles. The van der Waals surface area contributed by atoms with E-state index in [1.165, 1.54) is 12.0 Å². The predicted octanol–water partition coefficient (Wildman–Crippen LogP) is 2.77. The van der Waals surface area contributed by atoms with Gasteiger partial charge in [-0.05, 0) is 32.6 Å². The van der Waals surface area contributed by atoms with Crippen LogP contribution in [0.3, 0.4) is 0 Å². The monoisotopic (exact) mass is 154 g/mol. The van der Waals surface area contributed by atoms with Crippen molar-refractivity contribution in [2.24, 2.45) is 5.92 Å². The number of allylic oxidation sites excluding steroid dienone is 1. The van der Waals surface area contributed by atoms with Gasteiger partial charge in [0.25, 0.3) is 0 Å². The molecule has 0 spiro atoms. The highest BCUT2D eigenvalue weighted by molar-refractivity contribution is 5.16. The molecule has 11 heavy (non-hydrogen) atoms. The zero-order valence-electron chi connectivity index (χ0n) is 7.98. The Labute approximate surface area is 69.4 Å². The van der Waals surface area contributed by atoms with E-state index in [4.69, 9.17) is 4.74 Å². The molecule has 1 aliphatic rings. The van der Waals surface area contributed by atoms with Crippen LogP contribution in [-0.2, 0) is 4.74 Å². The number of methoxy groups -OCH3 is 1. The minimum absolute atomic E-state index is 0.466. The van der Waals surface area contributed by atoms with Crippen molar-refractivity contribution in [2.75, 3.05) is 7.11 Å². The maximum absolute atomic E-state index is 5.35. The summed E-state index contributed by atoms with van der Waals surface area (Å²) in [6.07, 6.45) is 2.79. The SMILES string of the molecule is CO[C@H]1CC(C)=C(C)[C@@H](C)C1. The first-order valence-electron chi connectivity index (χ1n) is 4.34. The van der Waals surface area contributed by atoms with Crippen LogP contribution >= 0.6 is 0 Å².